The first kappa shape index (κ1) is 24.6. The Labute approximate surface area is 180 Å². The molecule has 1 aromatic carbocycles. The van der Waals surface area contributed by atoms with Crippen molar-refractivity contribution in [3.63, 3.8) is 0 Å². The van der Waals surface area contributed by atoms with Crippen LogP contribution >= 0.6 is 17.0 Å². The second kappa shape index (κ2) is 13.7. The van der Waals surface area contributed by atoms with Gasteiger partial charge in [0, 0.05) is 30.5 Å². The molecule has 0 saturated heterocycles. The van der Waals surface area contributed by atoms with Crippen LogP contribution in [0.2, 0.25) is 0 Å². The number of pyridine rings is 1. The minimum atomic E-state index is 0. The number of unbranched alkanes of at least 4 members (excludes halogenated alkanes) is 4. The van der Waals surface area contributed by atoms with Crippen LogP contribution in [0.4, 0.5) is 5.82 Å². The average Bonchev–Trinajstić information content (AvgIpc) is 2.70. The summed E-state index contributed by atoms with van der Waals surface area (Å²) in [6.45, 7) is 7.10. The van der Waals surface area contributed by atoms with E-state index in [1.165, 1.54) is 0 Å². The lowest BCUT2D eigenvalue weighted by molar-refractivity contribution is 0.0980. The summed E-state index contributed by atoms with van der Waals surface area (Å²) in [6, 6.07) is 10.0. The third kappa shape index (κ3) is 7.17. The molecule has 0 amide bonds. The van der Waals surface area contributed by atoms with Crippen molar-refractivity contribution in [3.05, 3.63) is 35.9 Å². The van der Waals surface area contributed by atoms with Crippen molar-refractivity contribution in [2.75, 3.05) is 24.5 Å². The van der Waals surface area contributed by atoms with Gasteiger partial charge >= 0.3 is 0 Å². The first-order valence-electron chi connectivity index (χ1n) is 10.6. The van der Waals surface area contributed by atoms with E-state index >= 15 is 0 Å². The van der Waals surface area contributed by atoms with Crippen molar-refractivity contribution in [1.82, 2.24) is 4.98 Å². The maximum atomic E-state index is 12.9. The molecule has 0 bridgehead atoms. The van der Waals surface area contributed by atoms with Crippen LogP contribution in [0.15, 0.2) is 30.3 Å². The predicted molar refractivity (Wildman–Crippen MR) is 126 cm³/mol. The van der Waals surface area contributed by atoms with Gasteiger partial charge in [-0.05, 0) is 44.4 Å². The van der Waals surface area contributed by atoms with Crippen LogP contribution in [-0.2, 0) is 0 Å². The Morgan fingerprint density at radius 2 is 1.68 bits per heavy atom. The summed E-state index contributed by atoms with van der Waals surface area (Å²) in [7, 11) is 0. The molecule has 2 N–H and O–H groups in total. The van der Waals surface area contributed by atoms with E-state index in [4.69, 9.17) is 10.7 Å². The number of rotatable bonds is 13. The number of benzene rings is 1. The number of para-hydroxylation sites is 1. The summed E-state index contributed by atoms with van der Waals surface area (Å²) < 4.78 is 0. The first-order valence-corrected chi connectivity index (χ1v) is 10.6. The van der Waals surface area contributed by atoms with Crippen LogP contribution < -0.4 is 10.6 Å². The van der Waals surface area contributed by atoms with Gasteiger partial charge in [0.1, 0.15) is 5.82 Å². The number of hydrogen-bond donors (Lipinski definition) is 1. The molecule has 2 rings (SSSR count). The Morgan fingerprint density at radius 3 is 2.32 bits per heavy atom. The third-order valence-electron chi connectivity index (χ3n) is 5.00. The molecule has 0 atom stereocenters. The molecule has 28 heavy (non-hydrogen) atoms. The van der Waals surface area contributed by atoms with Crippen LogP contribution in [0.1, 0.15) is 75.6 Å². The molecule has 4 nitrogen and oxygen atoms in total. The topological polar surface area (TPSA) is 59.2 Å². The normalized spacial score (nSPS) is 10.7. The fraction of sp³-hybridized carbons (Fsp3) is 0.565. The zero-order valence-corrected chi connectivity index (χ0v) is 19.2. The highest BCUT2D eigenvalue weighted by molar-refractivity contribution is 8.93. The van der Waals surface area contributed by atoms with Gasteiger partial charge in [-0.1, -0.05) is 51.3 Å². The van der Waals surface area contributed by atoms with Gasteiger partial charge in [0.25, 0.3) is 0 Å². The van der Waals surface area contributed by atoms with Gasteiger partial charge < -0.3 is 10.6 Å². The van der Waals surface area contributed by atoms with Crippen LogP contribution in [0.25, 0.3) is 10.9 Å². The van der Waals surface area contributed by atoms with E-state index in [-0.39, 0.29) is 22.8 Å². The van der Waals surface area contributed by atoms with Gasteiger partial charge in [0.2, 0.25) is 0 Å². The minimum Gasteiger partial charge on any atom is -0.357 e. The average molecular weight is 450 g/mol. The molecule has 1 aromatic heterocycles. The number of hydrogen-bond acceptors (Lipinski definition) is 4. The van der Waals surface area contributed by atoms with Crippen molar-refractivity contribution >= 4 is 39.5 Å². The molecule has 0 aliphatic heterocycles. The van der Waals surface area contributed by atoms with Gasteiger partial charge in [-0.2, -0.15) is 0 Å². The molecule has 0 saturated carbocycles. The molecule has 1 heterocycles. The standard InChI is InChI=1S/C23H35N3O.BrH/c1-3-5-16-26(17-6-4-2)23-18-20(22(27)14-8-7-11-15-24)19-12-9-10-13-21(19)25-23;/h9-10,12-13,18H,3-8,11,14-17,24H2,1-2H3;1H. The Morgan fingerprint density at radius 1 is 1.00 bits per heavy atom. The zero-order chi connectivity index (χ0) is 19.5. The molecule has 0 aliphatic rings. The quantitative estimate of drug-likeness (QED) is 0.304. The number of carbonyl (C=O) groups is 1. The number of halogens is 1. The summed E-state index contributed by atoms with van der Waals surface area (Å²) in [5.41, 5.74) is 7.30. The number of ketones is 1. The number of carbonyl (C=O) groups excluding carboxylic acids is 1. The lowest BCUT2D eigenvalue weighted by Gasteiger charge is -2.24. The van der Waals surface area contributed by atoms with Gasteiger partial charge in [-0.3, -0.25) is 4.79 Å². The van der Waals surface area contributed by atoms with Crippen molar-refractivity contribution in [2.45, 2.75) is 65.2 Å². The molecule has 2 aromatic rings. The lowest BCUT2D eigenvalue weighted by Crippen LogP contribution is -2.27. The molecule has 0 unspecified atom stereocenters. The maximum Gasteiger partial charge on any atom is 0.163 e. The largest absolute Gasteiger partial charge is 0.357 e. The van der Waals surface area contributed by atoms with E-state index < -0.39 is 0 Å². The van der Waals surface area contributed by atoms with E-state index in [0.29, 0.717) is 13.0 Å². The van der Waals surface area contributed by atoms with Gasteiger partial charge in [-0.15, -0.1) is 17.0 Å². The molecular formula is C23H36BrN3O. The molecule has 5 heteroatoms. The smallest absolute Gasteiger partial charge is 0.163 e. The number of anilines is 1. The number of nitrogens with two attached hydrogens (primary N) is 1. The van der Waals surface area contributed by atoms with Crippen LogP contribution in [0, 0.1) is 0 Å². The summed E-state index contributed by atoms with van der Waals surface area (Å²) in [6.07, 6.45) is 8.07. The van der Waals surface area contributed by atoms with E-state index in [1.54, 1.807) is 0 Å². The number of Topliss-reactive ketones (excluding diaryl/α,β-unsaturated/α-hetero) is 1. The van der Waals surface area contributed by atoms with E-state index in [2.05, 4.69) is 18.7 Å². The van der Waals surface area contributed by atoms with Crippen LogP contribution in [-0.4, -0.2) is 30.4 Å². The second-order valence-electron chi connectivity index (χ2n) is 7.26. The van der Waals surface area contributed by atoms with Crippen molar-refractivity contribution in [1.29, 1.82) is 0 Å². The summed E-state index contributed by atoms with van der Waals surface area (Å²) in [5, 5.41) is 0.969. The summed E-state index contributed by atoms with van der Waals surface area (Å²) >= 11 is 0. The van der Waals surface area contributed by atoms with Gasteiger partial charge in [0.15, 0.2) is 5.78 Å². The fourth-order valence-corrected chi connectivity index (χ4v) is 3.33. The Kier molecular flexibility index (Phi) is 12.0. The van der Waals surface area contributed by atoms with Crippen LogP contribution in [0.3, 0.4) is 0 Å². The predicted octanol–water partition coefficient (Wildman–Crippen LogP) is 5.92. The molecule has 156 valence electrons. The zero-order valence-electron chi connectivity index (χ0n) is 17.5. The second-order valence-corrected chi connectivity index (χ2v) is 7.26. The SMILES string of the molecule is Br.CCCCN(CCCC)c1cc(C(=O)CCCCCN)c2ccccc2n1. The van der Waals surface area contributed by atoms with Gasteiger partial charge in [-0.25, -0.2) is 4.98 Å². The summed E-state index contributed by atoms with van der Waals surface area (Å²) in [4.78, 5) is 20.2. The number of aromatic nitrogens is 1. The number of nitrogens with zero attached hydrogens (tertiary/aromatic N) is 2. The maximum absolute atomic E-state index is 12.9. The first-order chi connectivity index (χ1) is 13.2. The monoisotopic (exact) mass is 449 g/mol. The molecule has 0 spiro atoms. The molecule has 0 fully saturated rings. The number of fused-ring (bicyclic) bond motifs is 1. The van der Waals surface area contributed by atoms with Crippen molar-refractivity contribution < 1.29 is 4.79 Å². The lowest BCUT2D eigenvalue weighted by atomic mass is 10.0. The molecular weight excluding hydrogens is 414 g/mol. The highest BCUT2D eigenvalue weighted by Crippen LogP contribution is 2.25. The fourth-order valence-electron chi connectivity index (χ4n) is 3.33. The van der Waals surface area contributed by atoms with E-state index in [0.717, 1.165) is 80.3 Å². The highest BCUT2D eigenvalue weighted by Gasteiger charge is 2.16. The molecule has 0 aliphatic carbocycles. The Bertz CT molecular complexity index is 712. The Hall–Kier alpha value is -1.46. The highest BCUT2D eigenvalue weighted by atomic mass is 79.9. The van der Waals surface area contributed by atoms with Crippen LogP contribution in [0.5, 0.6) is 0 Å². The van der Waals surface area contributed by atoms with Gasteiger partial charge in [0.05, 0.1) is 5.52 Å². The Balaban J connectivity index is 0.00000392. The summed E-state index contributed by atoms with van der Waals surface area (Å²) in [5.74, 6) is 1.17. The third-order valence-corrected chi connectivity index (χ3v) is 5.00. The van der Waals surface area contributed by atoms with E-state index in [9.17, 15) is 4.79 Å². The van der Waals surface area contributed by atoms with E-state index in [1.807, 2.05) is 30.3 Å². The molecule has 0 radical (unpaired) electrons. The minimum absolute atomic E-state index is 0. The van der Waals surface area contributed by atoms with Crippen molar-refractivity contribution in [3.8, 4) is 0 Å². The van der Waals surface area contributed by atoms with Crippen molar-refractivity contribution in [2.24, 2.45) is 5.73 Å².